The molecule has 0 unspecified atom stereocenters. The van der Waals surface area contributed by atoms with Crippen molar-refractivity contribution >= 4 is 16.9 Å². The number of hydrogen-bond donors (Lipinski definition) is 0. The number of carbonyl (C=O) groups is 1. The van der Waals surface area contributed by atoms with E-state index in [1.807, 2.05) is 13.0 Å². The van der Waals surface area contributed by atoms with E-state index in [4.69, 9.17) is 0 Å². The van der Waals surface area contributed by atoms with Crippen LogP contribution in [0.4, 0.5) is 0 Å². The lowest BCUT2D eigenvalue weighted by Gasteiger charge is -2.06. The van der Waals surface area contributed by atoms with E-state index in [0.717, 1.165) is 5.56 Å². The molecular weight excluding hydrogens is 220 g/mol. The van der Waals surface area contributed by atoms with Crippen molar-refractivity contribution in [2.24, 2.45) is 0 Å². The van der Waals surface area contributed by atoms with Crippen molar-refractivity contribution in [1.29, 1.82) is 0 Å². The summed E-state index contributed by atoms with van der Waals surface area (Å²) in [5.74, 6) is -0.471. The number of aryl methyl sites for hydroxylation is 1. The van der Waals surface area contributed by atoms with E-state index in [9.17, 15) is 9.59 Å². The van der Waals surface area contributed by atoms with Gasteiger partial charge in [-0.05, 0) is 18.6 Å². The van der Waals surface area contributed by atoms with E-state index in [1.54, 1.807) is 12.1 Å². The Morgan fingerprint density at radius 1 is 1.47 bits per heavy atom. The molecule has 0 bridgehead atoms. The summed E-state index contributed by atoms with van der Waals surface area (Å²) in [6.45, 7) is 1.77. The largest absolute Gasteiger partial charge is 0.468 e. The second kappa shape index (κ2) is 4.37. The Kier molecular flexibility index (Phi) is 2.91. The summed E-state index contributed by atoms with van der Waals surface area (Å²) < 4.78 is 5.76. The van der Waals surface area contributed by atoms with Gasteiger partial charge in [-0.2, -0.15) is 0 Å². The number of hydrogen-bond acceptors (Lipinski definition) is 4. The topological polar surface area (TPSA) is 61.2 Å². The van der Waals surface area contributed by atoms with Crippen LogP contribution >= 0.6 is 0 Å². The molecule has 1 aromatic carbocycles. The molecule has 0 fully saturated rings. The second-order valence-electron chi connectivity index (χ2n) is 3.72. The van der Waals surface area contributed by atoms with Gasteiger partial charge >= 0.3 is 5.97 Å². The van der Waals surface area contributed by atoms with Gasteiger partial charge in [0, 0.05) is 0 Å². The lowest BCUT2D eigenvalue weighted by molar-refractivity contribution is -0.141. The van der Waals surface area contributed by atoms with Gasteiger partial charge in [-0.15, -0.1) is 0 Å². The second-order valence-corrected chi connectivity index (χ2v) is 3.72. The smallest absolute Gasteiger partial charge is 0.325 e. The first-order chi connectivity index (χ1) is 8.13. The molecular formula is C12H12N2O3. The molecule has 1 heterocycles. The van der Waals surface area contributed by atoms with E-state index in [-0.39, 0.29) is 12.1 Å². The van der Waals surface area contributed by atoms with Gasteiger partial charge in [-0.3, -0.25) is 14.2 Å². The van der Waals surface area contributed by atoms with Crippen LogP contribution in [-0.2, 0) is 16.1 Å². The minimum atomic E-state index is -0.471. The Hall–Kier alpha value is -2.17. The highest BCUT2D eigenvalue weighted by molar-refractivity contribution is 5.80. The molecule has 0 aliphatic heterocycles. The Morgan fingerprint density at radius 2 is 2.24 bits per heavy atom. The first kappa shape index (κ1) is 11.3. The third kappa shape index (κ3) is 2.04. The van der Waals surface area contributed by atoms with E-state index in [1.165, 1.54) is 18.0 Å². The predicted octanol–water partition coefficient (Wildman–Crippen LogP) is 0.878. The SMILES string of the molecule is COC(=O)Cn1cnc2c(C)cccc2c1=O. The van der Waals surface area contributed by atoms with Crippen LogP contribution in [0.3, 0.4) is 0 Å². The number of ether oxygens (including phenoxy) is 1. The summed E-state index contributed by atoms with van der Waals surface area (Å²) in [5.41, 5.74) is 1.37. The van der Waals surface area contributed by atoms with Gasteiger partial charge in [0.05, 0.1) is 24.3 Å². The predicted molar refractivity (Wildman–Crippen MR) is 62.8 cm³/mol. The fraction of sp³-hybridized carbons (Fsp3) is 0.250. The first-order valence-corrected chi connectivity index (χ1v) is 5.15. The molecule has 0 aliphatic rings. The van der Waals surface area contributed by atoms with Crippen molar-refractivity contribution < 1.29 is 9.53 Å². The number of esters is 1. The Balaban J connectivity index is 2.59. The van der Waals surface area contributed by atoms with Crippen molar-refractivity contribution in [2.75, 3.05) is 7.11 Å². The molecule has 0 N–H and O–H groups in total. The summed E-state index contributed by atoms with van der Waals surface area (Å²) in [4.78, 5) is 27.4. The van der Waals surface area contributed by atoms with Crippen LogP contribution in [0.15, 0.2) is 29.3 Å². The van der Waals surface area contributed by atoms with Crippen LogP contribution in [0, 0.1) is 6.92 Å². The van der Waals surface area contributed by atoms with Crippen LogP contribution < -0.4 is 5.56 Å². The zero-order valence-electron chi connectivity index (χ0n) is 9.64. The summed E-state index contributed by atoms with van der Waals surface area (Å²) in [7, 11) is 1.28. The fourth-order valence-electron chi connectivity index (χ4n) is 1.65. The molecule has 0 atom stereocenters. The zero-order chi connectivity index (χ0) is 12.4. The van der Waals surface area contributed by atoms with Gasteiger partial charge in [0.2, 0.25) is 0 Å². The lowest BCUT2D eigenvalue weighted by Crippen LogP contribution is -2.25. The van der Waals surface area contributed by atoms with Gasteiger partial charge < -0.3 is 4.74 Å². The van der Waals surface area contributed by atoms with Gasteiger partial charge in [0.25, 0.3) is 5.56 Å². The number of aromatic nitrogens is 2. The number of methoxy groups -OCH3 is 1. The molecule has 88 valence electrons. The highest BCUT2D eigenvalue weighted by Crippen LogP contribution is 2.10. The standard InChI is InChI=1S/C12H12N2O3/c1-8-4-3-5-9-11(8)13-7-14(12(9)16)6-10(15)17-2/h3-5,7H,6H2,1-2H3. The van der Waals surface area contributed by atoms with Crippen LogP contribution in [0.25, 0.3) is 10.9 Å². The minimum Gasteiger partial charge on any atom is -0.468 e. The summed E-state index contributed by atoms with van der Waals surface area (Å²) in [6, 6.07) is 5.38. The molecule has 5 heteroatoms. The van der Waals surface area contributed by atoms with Crippen molar-refractivity contribution in [3.8, 4) is 0 Å². The fourth-order valence-corrected chi connectivity index (χ4v) is 1.65. The van der Waals surface area contributed by atoms with E-state index in [0.29, 0.717) is 10.9 Å². The van der Waals surface area contributed by atoms with Gasteiger partial charge in [0.1, 0.15) is 6.54 Å². The maximum Gasteiger partial charge on any atom is 0.325 e. The van der Waals surface area contributed by atoms with Crippen LogP contribution in [-0.4, -0.2) is 22.6 Å². The number of fused-ring (bicyclic) bond motifs is 1. The van der Waals surface area contributed by atoms with Crippen molar-refractivity contribution in [3.63, 3.8) is 0 Å². The highest BCUT2D eigenvalue weighted by Gasteiger charge is 2.08. The van der Waals surface area contributed by atoms with Gasteiger partial charge in [0.15, 0.2) is 0 Å². The molecule has 17 heavy (non-hydrogen) atoms. The number of rotatable bonds is 2. The Bertz CT molecular complexity index is 631. The Labute approximate surface area is 97.7 Å². The van der Waals surface area contributed by atoms with Crippen LogP contribution in [0.5, 0.6) is 0 Å². The molecule has 0 saturated carbocycles. The van der Waals surface area contributed by atoms with E-state index < -0.39 is 5.97 Å². The molecule has 0 spiro atoms. The normalized spacial score (nSPS) is 10.5. The van der Waals surface area contributed by atoms with Crippen LogP contribution in [0.1, 0.15) is 5.56 Å². The lowest BCUT2D eigenvalue weighted by atomic mass is 10.1. The third-order valence-corrected chi connectivity index (χ3v) is 2.58. The molecule has 0 aliphatic carbocycles. The molecule has 2 rings (SSSR count). The van der Waals surface area contributed by atoms with Gasteiger partial charge in [-0.25, -0.2) is 4.98 Å². The Morgan fingerprint density at radius 3 is 2.94 bits per heavy atom. The average Bonchev–Trinajstić information content (AvgIpc) is 2.33. The van der Waals surface area contributed by atoms with Crippen molar-refractivity contribution in [3.05, 3.63) is 40.4 Å². The highest BCUT2D eigenvalue weighted by atomic mass is 16.5. The number of carbonyl (C=O) groups excluding carboxylic acids is 1. The molecule has 2 aromatic rings. The summed E-state index contributed by atoms with van der Waals surface area (Å²) >= 11 is 0. The minimum absolute atomic E-state index is 0.119. The van der Waals surface area contributed by atoms with Crippen LogP contribution in [0.2, 0.25) is 0 Å². The summed E-state index contributed by atoms with van der Waals surface area (Å²) in [6.07, 6.45) is 1.37. The maximum atomic E-state index is 12.0. The zero-order valence-corrected chi connectivity index (χ0v) is 9.64. The molecule has 1 aromatic heterocycles. The van der Waals surface area contributed by atoms with Crippen molar-refractivity contribution in [2.45, 2.75) is 13.5 Å². The average molecular weight is 232 g/mol. The monoisotopic (exact) mass is 232 g/mol. The molecule has 0 saturated heterocycles. The third-order valence-electron chi connectivity index (χ3n) is 2.58. The quantitative estimate of drug-likeness (QED) is 0.721. The molecule has 0 radical (unpaired) electrons. The van der Waals surface area contributed by atoms with Gasteiger partial charge in [-0.1, -0.05) is 12.1 Å². The molecule has 0 amide bonds. The molecule has 5 nitrogen and oxygen atoms in total. The number of para-hydroxylation sites is 1. The maximum absolute atomic E-state index is 12.0. The number of benzene rings is 1. The number of nitrogens with zero attached hydrogens (tertiary/aromatic N) is 2. The summed E-state index contributed by atoms with van der Waals surface area (Å²) in [5, 5.41) is 0.511. The van der Waals surface area contributed by atoms with E-state index in [2.05, 4.69) is 9.72 Å². The van der Waals surface area contributed by atoms with E-state index >= 15 is 0 Å². The van der Waals surface area contributed by atoms with Crippen molar-refractivity contribution in [1.82, 2.24) is 9.55 Å². The first-order valence-electron chi connectivity index (χ1n) is 5.15.